The van der Waals surface area contributed by atoms with E-state index in [9.17, 15) is 4.79 Å². The fourth-order valence-electron chi connectivity index (χ4n) is 2.76. The Morgan fingerprint density at radius 2 is 1.52 bits per heavy atom. The molecule has 140 valence electrons. The molecule has 3 nitrogen and oxygen atoms in total. The second kappa shape index (κ2) is 14.9. The zero-order valence-corrected chi connectivity index (χ0v) is 16.4. The summed E-state index contributed by atoms with van der Waals surface area (Å²) in [5.41, 5.74) is 3.37. The number of rotatable bonds is 14. The number of amides is 1. The number of benzene rings is 1. The first-order valence-electron chi connectivity index (χ1n) is 9.80. The summed E-state index contributed by atoms with van der Waals surface area (Å²) in [5.74, 6) is -0.0285. The van der Waals surface area contributed by atoms with E-state index in [0.29, 0.717) is 11.4 Å². The smallest absolute Gasteiger partial charge is 0.240 e. The molecular weight excluding hydrogens is 332 g/mol. The van der Waals surface area contributed by atoms with E-state index >= 15 is 0 Å². The van der Waals surface area contributed by atoms with Crippen molar-refractivity contribution >= 4 is 23.7 Å². The van der Waals surface area contributed by atoms with Gasteiger partial charge in [-0.3, -0.25) is 4.79 Å². The van der Waals surface area contributed by atoms with E-state index in [-0.39, 0.29) is 5.91 Å². The van der Waals surface area contributed by atoms with Gasteiger partial charge in [-0.1, -0.05) is 101 Å². The van der Waals surface area contributed by atoms with E-state index in [1.165, 1.54) is 57.8 Å². The van der Waals surface area contributed by atoms with Crippen molar-refractivity contribution < 1.29 is 4.79 Å². The molecule has 0 bridgehead atoms. The van der Waals surface area contributed by atoms with E-state index in [1.54, 1.807) is 12.3 Å². The predicted molar refractivity (Wildman–Crippen MR) is 108 cm³/mol. The van der Waals surface area contributed by atoms with Gasteiger partial charge >= 0.3 is 0 Å². The minimum atomic E-state index is -0.0285. The molecule has 0 aromatic heterocycles. The van der Waals surface area contributed by atoms with Crippen molar-refractivity contribution in [3.63, 3.8) is 0 Å². The van der Waals surface area contributed by atoms with Crippen molar-refractivity contribution in [3.05, 3.63) is 34.9 Å². The third-order valence-electron chi connectivity index (χ3n) is 4.31. The summed E-state index contributed by atoms with van der Waals surface area (Å²) in [5, 5.41) is 4.59. The minimum absolute atomic E-state index is 0.0285. The molecular formula is C21H33ClN2O. The van der Waals surface area contributed by atoms with Crippen LogP contribution in [0.5, 0.6) is 0 Å². The third-order valence-corrected chi connectivity index (χ3v) is 4.65. The Balaban J connectivity index is 1.94. The van der Waals surface area contributed by atoms with Crippen LogP contribution in [0.2, 0.25) is 5.02 Å². The van der Waals surface area contributed by atoms with Gasteiger partial charge < -0.3 is 0 Å². The number of carbonyl (C=O) groups excluding carboxylic acids is 1. The van der Waals surface area contributed by atoms with Crippen LogP contribution in [0.25, 0.3) is 0 Å². The second-order valence-electron chi connectivity index (χ2n) is 6.60. The van der Waals surface area contributed by atoms with E-state index < -0.39 is 0 Å². The van der Waals surface area contributed by atoms with Crippen molar-refractivity contribution in [2.75, 3.05) is 0 Å². The first kappa shape index (κ1) is 21.7. The molecule has 1 rings (SSSR count). The highest BCUT2D eigenvalue weighted by atomic mass is 35.5. The van der Waals surface area contributed by atoms with Gasteiger partial charge in [0, 0.05) is 17.0 Å². The van der Waals surface area contributed by atoms with Gasteiger partial charge in [-0.15, -0.1) is 0 Å². The van der Waals surface area contributed by atoms with E-state index in [2.05, 4.69) is 17.5 Å². The fraction of sp³-hybridized carbons (Fsp3) is 0.619. The highest BCUT2D eigenvalue weighted by Gasteiger charge is 2.00. The fourth-order valence-corrected chi connectivity index (χ4v) is 2.94. The summed E-state index contributed by atoms with van der Waals surface area (Å²) in [6, 6.07) is 7.42. The molecule has 1 aromatic carbocycles. The molecule has 0 radical (unpaired) electrons. The van der Waals surface area contributed by atoms with Crippen molar-refractivity contribution in [2.24, 2.45) is 5.10 Å². The topological polar surface area (TPSA) is 41.5 Å². The lowest BCUT2D eigenvalue weighted by Crippen LogP contribution is -2.16. The van der Waals surface area contributed by atoms with Gasteiger partial charge in [0.1, 0.15) is 0 Å². The lowest BCUT2D eigenvalue weighted by molar-refractivity contribution is -0.121. The summed E-state index contributed by atoms with van der Waals surface area (Å²) < 4.78 is 0. The molecule has 0 spiro atoms. The minimum Gasteiger partial charge on any atom is -0.273 e. The first-order valence-corrected chi connectivity index (χ1v) is 10.2. The molecule has 1 aromatic rings. The summed E-state index contributed by atoms with van der Waals surface area (Å²) in [6.07, 6.45) is 16.3. The first-order chi connectivity index (χ1) is 12.2. The molecule has 0 atom stereocenters. The molecule has 4 heteroatoms. The molecule has 1 amide bonds. The molecule has 1 N–H and O–H groups in total. The Kier molecular flexibility index (Phi) is 13.0. The molecule has 0 saturated carbocycles. The van der Waals surface area contributed by atoms with Crippen molar-refractivity contribution in [1.82, 2.24) is 5.43 Å². The third kappa shape index (κ3) is 11.8. The predicted octanol–water partition coefficient (Wildman–Crippen LogP) is 6.49. The Hall–Kier alpha value is -1.35. The highest BCUT2D eigenvalue weighted by Crippen LogP contribution is 2.13. The SMILES string of the molecule is CCCCCCCCCCCCCC(=O)N/N=C/c1ccccc1Cl. The number of hydrogen-bond acceptors (Lipinski definition) is 2. The molecule has 0 aliphatic carbocycles. The Labute approximate surface area is 158 Å². The molecule has 0 unspecified atom stereocenters. The van der Waals surface area contributed by atoms with Gasteiger partial charge in [0.05, 0.1) is 6.21 Å². The zero-order valence-electron chi connectivity index (χ0n) is 15.6. The van der Waals surface area contributed by atoms with Crippen LogP contribution in [0.4, 0.5) is 0 Å². The van der Waals surface area contributed by atoms with Crippen LogP contribution in [0.3, 0.4) is 0 Å². The molecule has 0 saturated heterocycles. The van der Waals surface area contributed by atoms with Crippen LogP contribution in [0.15, 0.2) is 29.4 Å². The summed E-state index contributed by atoms with van der Waals surface area (Å²) in [4.78, 5) is 11.7. The maximum Gasteiger partial charge on any atom is 0.240 e. The Morgan fingerprint density at radius 3 is 2.12 bits per heavy atom. The van der Waals surface area contributed by atoms with Gasteiger partial charge in [0.15, 0.2) is 0 Å². The average molecular weight is 365 g/mol. The molecule has 0 aliphatic heterocycles. The van der Waals surface area contributed by atoms with Crippen LogP contribution in [0, 0.1) is 0 Å². The average Bonchev–Trinajstić information content (AvgIpc) is 2.61. The van der Waals surface area contributed by atoms with Gasteiger partial charge in [0.2, 0.25) is 5.91 Å². The van der Waals surface area contributed by atoms with Crippen molar-refractivity contribution in [3.8, 4) is 0 Å². The van der Waals surface area contributed by atoms with Crippen LogP contribution in [-0.4, -0.2) is 12.1 Å². The largest absolute Gasteiger partial charge is 0.273 e. The quantitative estimate of drug-likeness (QED) is 0.229. The lowest BCUT2D eigenvalue weighted by atomic mass is 10.1. The second-order valence-corrected chi connectivity index (χ2v) is 7.01. The van der Waals surface area contributed by atoms with Gasteiger partial charge in [-0.2, -0.15) is 5.10 Å². The zero-order chi connectivity index (χ0) is 18.2. The van der Waals surface area contributed by atoms with E-state index in [1.807, 2.05) is 18.2 Å². The maximum atomic E-state index is 11.7. The highest BCUT2D eigenvalue weighted by molar-refractivity contribution is 6.33. The Bertz CT molecular complexity index is 502. The number of nitrogens with one attached hydrogen (secondary N) is 1. The van der Waals surface area contributed by atoms with Gasteiger partial charge in [-0.25, -0.2) is 5.43 Å². The van der Waals surface area contributed by atoms with E-state index in [4.69, 9.17) is 11.6 Å². The molecule has 0 heterocycles. The standard InChI is InChI=1S/C21H33ClN2O/c1-2-3-4-5-6-7-8-9-10-11-12-17-21(25)24-23-18-19-15-13-14-16-20(19)22/h13-16,18H,2-12,17H2,1H3,(H,24,25)/b23-18+. The number of unbranched alkanes of at least 4 members (excludes halogenated alkanes) is 10. The van der Waals surface area contributed by atoms with E-state index in [0.717, 1.165) is 18.4 Å². The van der Waals surface area contributed by atoms with Crippen LogP contribution >= 0.6 is 11.6 Å². The van der Waals surface area contributed by atoms with Gasteiger partial charge in [-0.05, 0) is 12.5 Å². The van der Waals surface area contributed by atoms with Gasteiger partial charge in [0.25, 0.3) is 0 Å². The summed E-state index contributed by atoms with van der Waals surface area (Å²) in [7, 11) is 0. The number of nitrogens with zero attached hydrogens (tertiary/aromatic N) is 1. The summed E-state index contributed by atoms with van der Waals surface area (Å²) >= 11 is 6.02. The molecule has 0 fully saturated rings. The van der Waals surface area contributed by atoms with Crippen molar-refractivity contribution in [2.45, 2.75) is 84.0 Å². The maximum absolute atomic E-state index is 11.7. The number of halogens is 1. The van der Waals surface area contributed by atoms with Crippen LogP contribution in [0.1, 0.15) is 89.5 Å². The number of hydrogen-bond donors (Lipinski definition) is 1. The monoisotopic (exact) mass is 364 g/mol. The summed E-state index contributed by atoms with van der Waals surface area (Å²) in [6.45, 7) is 2.26. The molecule has 0 aliphatic rings. The van der Waals surface area contributed by atoms with Crippen LogP contribution < -0.4 is 5.43 Å². The lowest BCUT2D eigenvalue weighted by Gasteiger charge is -2.03. The normalized spacial score (nSPS) is 11.1. The van der Waals surface area contributed by atoms with Crippen LogP contribution in [-0.2, 0) is 4.79 Å². The number of hydrazone groups is 1. The molecule has 25 heavy (non-hydrogen) atoms. The Morgan fingerprint density at radius 1 is 0.960 bits per heavy atom. The van der Waals surface area contributed by atoms with Crippen molar-refractivity contribution in [1.29, 1.82) is 0 Å². The number of carbonyl (C=O) groups is 1.